The first-order valence-corrected chi connectivity index (χ1v) is 10.3. The average molecular weight is 568 g/mol. The molecule has 4 aromatic rings. The first-order valence-electron chi connectivity index (χ1n) is 10.3. The number of hydrogen-bond acceptors (Lipinski definition) is 2. The number of aromatic nitrogens is 2. The molecule has 0 aliphatic carbocycles. The van der Waals surface area contributed by atoms with Crippen molar-refractivity contribution in [2.45, 2.75) is 20.0 Å². The number of nitrogens with zero attached hydrogens (tertiary/aromatic N) is 2. The fourth-order valence-electron chi connectivity index (χ4n) is 3.39. The Hall–Kier alpha value is -2.96. The summed E-state index contributed by atoms with van der Waals surface area (Å²) < 4.78 is 3.76. The van der Waals surface area contributed by atoms with Crippen molar-refractivity contribution >= 4 is 11.6 Å². The van der Waals surface area contributed by atoms with Gasteiger partial charge in [0.25, 0.3) is 0 Å². The molecular formula is C27H24Br2N2O2. The Kier molecular flexibility index (Phi) is 9.82. The maximum atomic E-state index is 12.5. The number of Topliss-reactive ketones (excluding diaryl/α,β-unsaturated/α-hetero) is 2. The van der Waals surface area contributed by atoms with E-state index in [-0.39, 0.29) is 45.5 Å². The van der Waals surface area contributed by atoms with E-state index in [1.807, 2.05) is 120 Å². The van der Waals surface area contributed by atoms with Crippen LogP contribution in [0.2, 0.25) is 0 Å². The molecule has 2 aromatic carbocycles. The molecule has 0 N–H and O–H groups in total. The van der Waals surface area contributed by atoms with Crippen LogP contribution in [0.3, 0.4) is 0 Å². The van der Waals surface area contributed by atoms with Crippen LogP contribution in [-0.4, -0.2) is 11.6 Å². The standard InChI is InChI=1S/C27H24N2O2.2BrH/c1-21-7-9-25(10-8-21)27(31)20-29-17-13-23(14-18-29)22-11-15-28(16-12-22)19-26(30)24-5-3-2-4-6-24;;/h2-18H,19-20H2,1H3;2*1H/q+2;;/p-2. The quantitative estimate of drug-likeness (QED) is 0.192. The minimum Gasteiger partial charge on any atom is -1.00 e. The van der Waals surface area contributed by atoms with Crippen molar-refractivity contribution in [3.05, 3.63) is 120 Å². The van der Waals surface area contributed by atoms with Gasteiger partial charge in [-0.2, -0.15) is 9.13 Å². The van der Waals surface area contributed by atoms with Crippen LogP contribution in [0, 0.1) is 6.92 Å². The van der Waals surface area contributed by atoms with E-state index in [0.717, 1.165) is 22.3 Å². The highest BCUT2D eigenvalue weighted by atomic mass is 79.9. The van der Waals surface area contributed by atoms with Gasteiger partial charge in [0.15, 0.2) is 24.8 Å². The summed E-state index contributed by atoms with van der Waals surface area (Å²) in [6.07, 6.45) is 7.67. The van der Waals surface area contributed by atoms with Crippen LogP contribution >= 0.6 is 0 Å². The van der Waals surface area contributed by atoms with Crippen molar-refractivity contribution in [3.8, 4) is 11.1 Å². The van der Waals surface area contributed by atoms with Gasteiger partial charge in [0.2, 0.25) is 24.7 Å². The number of carbonyl (C=O) groups excluding carboxylic acids is 2. The third-order valence-electron chi connectivity index (χ3n) is 5.24. The van der Waals surface area contributed by atoms with Crippen molar-refractivity contribution in [2.24, 2.45) is 0 Å². The van der Waals surface area contributed by atoms with Crippen molar-refractivity contribution in [1.29, 1.82) is 0 Å². The SMILES string of the molecule is Cc1ccc(C(=O)C[n+]2ccc(-c3cc[n+](CC(=O)c4ccccc4)cc3)cc2)cc1.[Br-].[Br-]. The van der Waals surface area contributed by atoms with E-state index in [1.165, 1.54) is 0 Å². The number of aryl methyl sites for hydroxylation is 1. The third-order valence-corrected chi connectivity index (χ3v) is 5.24. The van der Waals surface area contributed by atoms with E-state index in [2.05, 4.69) is 0 Å². The number of benzene rings is 2. The van der Waals surface area contributed by atoms with E-state index in [0.29, 0.717) is 18.7 Å². The van der Waals surface area contributed by atoms with Gasteiger partial charge in [-0.05, 0) is 18.1 Å². The lowest BCUT2D eigenvalue weighted by Crippen LogP contribution is -3.00. The van der Waals surface area contributed by atoms with Gasteiger partial charge in [-0.25, -0.2) is 0 Å². The van der Waals surface area contributed by atoms with Crippen LogP contribution in [-0.2, 0) is 13.1 Å². The molecule has 33 heavy (non-hydrogen) atoms. The summed E-state index contributed by atoms with van der Waals surface area (Å²) in [5, 5.41) is 0. The molecule has 4 rings (SSSR count). The number of rotatable bonds is 7. The van der Waals surface area contributed by atoms with E-state index in [9.17, 15) is 9.59 Å². The van der Waals surface area contributed by atoms with E-state index in [4.69, 9.17) is 0 Å². The molecule has 4 nitrogen and oxygen atoms in total. The third kappa shape index (κ3) is 7.01. The lowest BCUT2D eigenvalue weighted by molar-refractivity contribution is -0.683. The molecule has 0 atom stereocenters. The fraction of sp³-hybridized carbons (Fsp3) is 0.111. The second-order valence-corrected chi connectivity index (χ2v) is 7.60. The smallest absolute Gasteiger partial charge is 0.227 e. The van der Waals surface area contributed by atoms with Crippen LogP contribution < -0.4 is 43.1 Å². The first-order chi connectivity index (χ1) is 15.1. The van der Waals surface area contributed by atoms with Gasteiger partial charge in [0.1, 0.15) is 0 Å². The van der Waals surface area contributed by atoms with Crippen molar-refractivity contribution in [1.82, 2.24) is 0 Å². The average Bonchev–Trinajstić information content (AvgIpc) is 2.81. The molecule has 0 radical (unpaired) electrons. The van der Waals surface area contributed by atoms with Gasteiger partial charge in [0.05, 0.1) is 0 Å². The summed E-state index contributed by atoms with van der Waals surface area (Å²) in [5.74, 6) is 0.166. The zero-order chi connectivity index (χ0) is 21.6. The number of pyridine rings is 2. The van der Waals surface area contributed by atoms with Crippen LogP contribution in [0.5, 0.6) is 0 Å². The normalized spacial score (nSPS) is 9.97. The zero-order valence-electron chi connectivity index (χ0n) is 18.2. The number of halogens is 2. The summed E-state index contributed by atoms with van der Waals surface area (Å²) >= 11 is 0. The summed E-state index contributed by atoms with van der Waals surface area (Å²) in [6.45, 7) is 2.62. The molecule has 0 bridgehead atoms. The van der Waals surface area contributed by atoms with E-state index < -0.39 is 0 Å². The lowest BCUT2D eigenvalue weighted by Gasteiger charge is -2.02. The highest BCUT2D eigenvalue weighted by Crippen LogP contribution is 2.15. The molecule has 2 aromatic heterocycles. The molecule has 0 amide bonds. The number of ketones is 2. The van der Waals surface area contributed by atoms with E-state index in [1.54, 1.807) is 0 Å². The van der Waals surface area contributed by atoms with Gasteiger partial charge in [0, 0.05) is 35.4 Å². The van der Waals surface area contributed by atoms with Crippen LogP contribution in [0.1, 0.15) is 26.3 Å². The monoisotopic (exact) mass is 566 g/mol. The Morgan fingerprint density at radius 2 is 0.970 bits per heavy atom. The van der Waals surface area contributed by atoms with Gasteiger partial charge >= 0.3 is 0 Å². The van der Waals surface area contributed by atoms with E-state index >= 15 is 0 Å². The Balaban J connectivity index is 0.00000193. The Morgan fingerprint density at radius 1 is 0.576 bits per heavy atom. The van der Waals surface area contributed by atoms with Crippen molar-refractivity contribution < 1.29 is 52.7 Å². The minimum absolute atomic E-state index is 0. The maximum absolute atomic E-state index is 12.5. The molecule has 0 saturated carbocycles. The Labute approximate surface area is 215 Å². The Morgan fingerprint density at radius 3 is 1.39 bits per heavy atom. The molecule has 0 saturated heterocycles. The molecule has 2 heterocycles. The molecular weight excluding hydrogens is 544 g/mol. The maximum Gasteiger partial charge on any atom is 0.227 e. The lowest BCUT2D eigenvalue weighted by atomic mass is 10.1. The van der Waals surface area contributed by atoms with Crippen LogP contribution in [0.4, 0.5) is 0 Å². The predicted molar refractivity (Wildman–Crippen MR) is 119 cm³/mol. The molecule has 0 spiro atoms. The Bertz CT molecular complexity index is 1190. The highest BCUT2D eigenvalue weighted by molar-refractivity contribution is 5.95. The van der Waals surface area contributed by atoms with Gasteiger partial charge in [-0.1, -0.05) is 60.2 Å². The highest BCUT2D eigenvalue weighted by Gasteiger charge is 2.14. The van der Waals surface area contributed by atoms with Gasteiger partial charge < -0.3 is 34.0 Å². The molecule has 168 valence electrons. The molecule has 0 aliphatic rings. The summed E-state index contributed by atoms with van der Waals surface area (Å²) in [7, 11) is 0. The van der Waals surface area contributed by atoms with Crippen LogP contribution in [0.15, 0.2) is 104 Å². The van der Waals surface area contributed by atoms with Gasteiger partial charge in [-0.15, -0.1) is 0 Å². The zero-order valence-corrected chi connectivity index (χ0v) is 21.4. The molecule has 0 unspecified atom stereocenters. The topological polar surface area (TPSA) is 41.9 Å². The number of carbonyl (C=O) groups is 2. The second kappa shape index (κ2) is 12.3. The fourth-order valence-corrected chi connectivity index (χ4v) is 3.39. The largest absolute Gasteiger partial charge is 1.00 e. The second-order valence-electron chi connectivity index (χ2n) is 7.60. The van der Waals surface area contributed by atoms with Crippen molar-refractivity contribution in [2.75, 3.05) is 0 Å². The molecule has 0 aliphatic heterocycles. The van der Waals surface area contributed by atoms with Gasteiger partial charge in [-0.3, -0.25) is 9.59 Å². The minimum atomic E-state index is 0. The van der Waals surface area contributed by atoms with Crippen molar-refractivity contribution in [3.63, 3.8) is 0 Å². The predicted octanol–water partition coefficient (Wildman–Crippen LogP) is -1.99. The first kappa shape index (κ1) is 26.3. The molecule has 0 fully saturated rings. The molecule has 6 heteroatoms. The number of hydrogen-bond donors (Lipinski definition) is 0. The summed E-state index contributed by atoms with van der Waals surface area (Å²) in [6, 6.07) is 24.9. The summed E-state index contributed by atoms with van der Waals surface area (Å²) in [5.41, 5.74) is 4.69. The van der Waals surface area contributed by atoms with Crippen LogP contribution in [0.25, 0.3) is 11.1 Å². The summed E-state index contributed by atoms with van der Waals surface area (Å²) in [4.78, 5) is 24.8.